The molecule has 0 atom stereocenters. The molecule has 0 heterocycles. The number of hydrogen-bond acceptors (Lipinski definition) is 3. The van der Waals surface area contributed by atoms with Crippen molar-refractivity contribution < 1.29 is 4.79 Å². The van der Waals surface area contributed by atoms with Gasteiger partial charge in [0.25, 0.3) is 5.91 Å². The molecule has 1 aromatic rings. The van der Waals surface area contributed by atoms with Crippen LogP contribution in [0.2, 0.25) is 0 Å². The zero-order chi connectivity index (χ0) is 18.8. The summed E-state index contributed by atoms with van der Waals surface area (Å²) in [5.74, 6) is 0.826. The highest BCUT2D eigenvalue weighted by atomic mass is 16.2. The lowest BCUT2D eigenvalue weighted by Crippen LogP contribution is -2.42. The molecule has 1 aromatic carbocycles. The van der Waals surface area contributed by atoms with Gasteiger partial charge in [-0.05, 0) is 45.5 Å². The second-order valence-corrected chi connectivity index (χ2v) is 6.59. The van der Waals surface area contributed by atoms with Gasteiger partial charge in [0.05, 0.1) is 6.54 Å². The van der Waals surface area contributed by atoms with Crippen LogP contribution in [0, 0.1) is 0 Å². The van der Waals surface area contributed by atoms with E-state index < -0.39 is 0 Å². The molecule has 1 rings (SSSR count). The van der Waals surface area contributed by atoms with Crippen molar-refractivity contribution in [1.29, 1.82) is 0 Å². The van der Waals surface area contributed by atoms with E-state index in [0.29, 0.717) is 18.2 Å². The van der Waals surface area contributed by atoms with E-state index in [0.717, 1.165) is 31.2 Å². The van der Waals surface area contributed by atoms with E-state index in [-0.39, 0.29) is 5.91 Å². The SMILES string of the molecule is CCNC(=NCc1ccc(C(=O)N(C)C)cc1)NCCN(C)C(C)C. The Morgan fingerprint density at radius 1 is 1.12 bits per heavy atom. The minimum absolute atomic E-state index is 0.0133. The highest BCUT2D eigenvalue weighted by Crippen LogP contribution is 2.07. The van der Waals surface area contributed by atoms with Crippen LogP contribution in [0.1, 0.15) is 36.7 Å². The fourth-order valence-corrected chi connectivity index (χ4v) is 2.13. The summed E-state index contributed by atoms with van der Waals surface area (Å²) in [6, 6.07) is 8.15. The molecular weight excluding hydrogens is 314 g/mol. The van der Waals surface area contributed by atoms with Gasteiger partial charge in [0.1, 0.15) is 0 Å². The Labute approximate surface area is 152 Å². The van der Waals surface area contributed by atoms with Crippen molar-refractivity contribution in [2.45, 2.75) is 33.4 Å². The van der Waals surface area contributed by atoms with E-state index in [1.165, 1.54) is 0 Å². The standard InChI is InChI=1S/C19H33N5O/c1-7-20-19(21-12-13-24(6)15(2)3)22-14-16-8-10-17(11-9-16)18(25)23(4)5/h8-11,15H,7,12-14H2,1-6H3,(H2,20,21,22). The molecule has 0 aromatic heterocycles. The van der Waals surface area contributed by atoms with Crippen molar-refractivity contribution in [3.63, 3.8) is 0 Å². The molecule has 1 amide bonds. The zero-order valence-corrected chi connectivity index (χ0v) is 16.5. The number of guanidine groups is 1. The third kappa shape index (κ3) is 7.56. The molecule has 0 spiro atoms. The summed E-state index contributed by atoms with van der Waals surface area (Å²) < 4.78 is 0. The Hall–Kier alpha value is -2.08. The summed E-state index contributed by atoms with van der Waals surface area (Å²) in [5, 5.41) is 6.62. The Balaban J connectivity index is 2.60. The first-order chi connectivity index (χ1) is 11.8. The predicted molar refractivity (Wildman–Crippen MR) is 105 cm³/mol. The van der Waals surface area contributed by atoms with E-state index in [1.54, 1.807) is 19.0 Å². The van der Waals surface area contributed by atoms with Crippen molar-refractivity contribution in [3.05, 3.63) is 35.4 Å². The van der Waals surface area contributed by atoms with Crippen LogP contribution >= 0.6 is 0 Å². The van der Waals surface area contributed by atoms with Gasteiger partial charge in [0.2, 0.25) is 0 Å². The largest absolute Gasteiger partial charge is 0.357 e. The normalized spacial score (nSPS) is 11.8. The van der Waals surface area contributed by atoms with E-state index in [4.69, 9.17) is 0 Å². The first-order valence-electron chi connectivity index (χ1n) is 8.88. The van der Waals surface area contributed by atoms with Crippen molar-refractivity contribution in [2.24, 2.45) is 4.99 Å². The van der Waals surface area contributed by atoms with E-state index >= 15 is 0 Å². The summed E-state index contributed by atoms with van der Waals surface area (Å²) in [6.07, 6.45) is 0. The quantitative estimate of drug-likeness (QED) is 0.556. The molecule has 0 aliphatic rings. The van der Waals surface area contributed by atoms with Gasteiger partial charge in [0.15, 0.2) is 5.96 Å². The van der Waals surface area contributed by atoms with Gasteiger partial charge in [-0.1, -0.05) is 12.1 Å². The lowest BCUT2D eigenvalue weighted by molar-refractivity contribution is 0.0827. The third-order valence-corrected chi connectivity index (χ3v) is 4.01. The molecule has 0 saturated carbocycles. The zero-order valence-electron chi connectivity index (χ0n) is 16.5. The summed E-state index contributed by atoms with van der Waals surface area (Å²) in [4.78, 5) is 20.4. The minimum Gasteiger partial charge on any atom is -0.357 e. The van der Waals surface area contributed by atoms with Gasteiger partial charge in [0, 0.05) is 45.3 Å². The summed E-state index contributed by atoms with van der Waals surface area (Å²) >= 11 is 0. The van der Waals surface area contributed by atoms with Crippen molar-refractivity contribution >= 4 is 11.9 Å². The van der Waals surface area contributed by atoms with Crippen LogP contribution in [0.25, 0.3) is 0 Å². The average Bonchev–Trinajstić information content (AvgIpc) is 2.59. The second kappa shape index (κ2) is 10.7. The lowest BCUT2D eigenvalue weighted by atomic mass is 10.1. The summed E-state index contributed by atoms with van der Waals surface area (Å²) in [6.45, 7) is 9.63. The Bertz CT molecular complexity index is 551. The Morgan fingerprint density at radius 2 is 1.76 bits per heavy atom. The third-order valence-electron chi connectivity index (χ3n) is 4.01. The molecule has 0 fully saturated rings. The number of nitrogens with zero attached hydrogens (tertiary/aromatic N) is 3. The van der Waals surface area contributed by atoms with Crippen LogP contribution in [0.4, 0.5) is 0 Å². The van der Waals surface area contributed by atoms with Crippen molar-refractivity contribution in [3.8, 4) is 0 Å². The highest BCUT2D eigenvalue weighted by Gasteiger charge is 2.07. The molecule has 140 valence electrons. The topological polar surface area (TPSA) is 60.0 Å². The average molecular weight is 348 g/mol. The molecule has 0 bridgehead atoms. The van der Waals surface area contributed by atoms with Crippen molar-refractivity contribution in [1.82, 2.24) is 20.4 Å². The fourth-order valence-electron chi connectivity index (χ4n) is 2.13. The monoisotopic (exact) mass is 347 g/mol. The van der Waals surface area contributed by atoms with Crippen LogP contribution in [0.5, 0.6) is 0 Å². The van der Waals surface area contributed by atoms with Gasteiger partial charge in [-0.2, -0.15) is 0 Å². The molecule has 0 radical (unpaired) electrons. The number of likely N-dealkylation sites (N-methyl/N-ethyl adjacent to an activating group) is 1. The molecular formula is C19H33N5O. The van der Waals surface area contributed by atoms with Crippen LogP contribution in [-0.2, 0) is 6.54 Å². The summed E-state index contributed by atoms with van der Waals surface area (Å²) in [5.41, 5.74) is 1.77. The Morgan fingerprint density at radius 3 is 2.28 bits per heavy atom. The smallest absolute Gasteiger partial charge is 0.253 e. The van der Waals surface area contributed by atoms with Crippen LogP contribution in [-0.4, -0.2) is 68.5 Å². The maximum atomic E-state index is 11.9. The fraction of sp³-hybridized carbons (Fsp3) is 0.579. The molecule has 6 nitrogen and oxygen atoms in total. The van der Waals surface area contributed by atoms with Gasteiger partial charge < -0.3 is 20.4 Å². The number of nitrogens with one attached hydrogen (secondary N) is 2. The molecule has 0 saturated heterocycles. The molecule has 0 aliphatic heterocycles. The van der Waals surface area contributed by atoms with Crippen LogP contribution in [0.15, 0.2) is 29.3 Å². The van der Waals surface area contributed by atoms with E-state index in [1.807, 2.05) is 24.3 Å². The first-order valence-corrected chi connectivity index (χ1v) is 8.88. The number of carbonyl (C=O) groups excluding carboxylic acids is 1. The molecule has 25 heavy (non-hydrogen) atoms. The minimum atomic E-state index is 0.0133. The maximum absolute atomic E-state index is 11.9. The van der Waals surface area contributed by atoms with Crippen LogP contribution in [0.3, 0.4) is 0 Å². The molecule has 2 N–H and O–H groups in total. The number of carbonyl (C=O) groups is 1. The van der Waals surface area contributed by atoms with Gasteiger partial charge >= 0.3 is 0 Å². The number of aliphatic imine (C=N–C) groups is 1. The Kier molecular flexibility index (Phi) is 8.99. The number of hydrogen-bond donors (Lipinski definition) is 2. The van der Waals surface area contributed by atoms with Gasteiger partial charge in [-0.15, -0.1) is 0 Å². The first kappa shape index (κ1) is 21.0. The number of amides is 1. The van der Waals surface area contributed by atoms with E-state index in [2.05, 4.69) is 48.3 Å². The molecule has 0 aliphatic carbocycles. The highest BCUT2D eigenvalue weighted by molar-refractivity contribution is 5.93. The summed E-state index contributed by atoms with van der Waals surface area (Å²) in [7, 11) is 5.63. The predicted octanol–water partition coefficient (Wildman–Crippen LogP) is 1.78. The molecule has 6 heteroatoms. The molecule has 0 unspecified atom stereocenters. The number of benzene rings is 1. The maximum Gasteiger partial charge on any atom is 0.253 e. The van der Waals surface area contributed by atoms with Crippen molar-refractivity contribution in [2.75, 3.05) is 40.8 Å². The van der Waals surface area contributed by atoms with Gasteiger partial charge in [-0.25, -0.2) is 4.99 Å². The second-order valence-electron chi connectivity index (χ2n) is 6.59. The van der Waals surface area contributed by atoms with Gasteiger partial charge in [-0.3, -0.25) is 4.79 Å². The number of rotatable bonds is 8. The van der Waals surface area contributed by atoms with E-state index in [9.17, 15) is 4.79 Å². The lowest BCUT2D eigenvalue weighted by Gasteiger charge is -2.21. The van der Waals surface area contributed by atoms with Crippen LogP contribution < -0.4 is 10.6 Å².